The van der Waals surface area contributed by atoms with Crippen LogP contribution in [0.5, 0.6) is 0 Å². The van der Waals surface area contributed by atoms with Gasteiger partial charge in [-0.15, -0.1) is 0 Å². The Hall–Kier alpha value is -2.22. The Labute approximate surface area is 206 Å². The SMILES string of the molecule is CC(C)C[C@@H](N)C(=O)C(C(=O)OCc1ccccc1)(C(=O)[C@@H](C)N)C(C)CC(N)C(O)S(=O)(=O)O. The molecule has 8 N–H and O–H groups in total. The number of hydrogen-bond acceptors (Lipinski definition) is 10. The van der Waals surface area contributed by atoms with Crippen molar-refractivity contribution in [1.82, 2.24) is 0 Å². The number of rotatable bonds is 14. The maximum Gasteiger partial charge on any atom is 0.328 e. The molecular weight excluding hydrogens is 478 g/mol. The molecule has 0 aliphatic heterocycles. The van der Waals surface area contributed by atoms with Crippen molar-refractivity contribution in [2.45, 2.75) is 70.7 Å². The van der Waals surface area contributed by atoms with Crippen LogP contribution in [-0.4, -0.2) is 59.2 Å². The average Bonchev–Trinajstić information content (AvgIpc) is 2.76. The van der Waals surface area contributed by atoms with Gasteiger partial charge in [0.1, 0.15) is 6.61 Å². The fraction of sp³-hybridized carbons (Fsp3) is 0.609. The highest BCUT2D eigenvalue weighted by atomic mass is 32.2. The first kappa shape index (κ1) is 30.8. The molecule has 0 heterocycles. The van der Waals surface area contributed by atoms with Crippen LogP contribution in [0.25, 0.3) is 0 Å². The van der Waals surface area contributed by atoms with E-state index in [2.05, 4.69) is 0 Å². The van der Waals surface area contributed by atoms with Crippen molar-refractivity contribution in [3.8, 4) is 0 Å². The summed E-state index contributed by atoms with van der Waals surface area (Å²) in [6.45, 7) is 5.96. The minimum Gasteiger partial charge on any atom is -0.460 e. The zero-order valence-electron chi connectivity index (χ0n) is 20.5. The Morgan fingerprint density at radius 2 is 1.51 bits per heavy atom. The van der Waals surface area contributed by atoms with E-state index in [1.54, 1.807) is 44.2 Å². The number of carbonyl (C=O) groups is 3. The summed E-state index contributed by atoms with van der Waals surface area (Å²) in [7, 11) is -4.95. The Kier molecular flexibility index (Phi) is 11.1. The third-order valence-electron chi connectivity index (χ3n) is 5.82. The fourth-order valence-corrected chi connectivity index (χ4v) is 4.59. The maximum absolute atomic E-state index is 13.7. The second-order valence-corrected chi connectivity index (χ2v) is 10.8. The lowest BCUT2D eigenvalue weighted by Crippen LogP contribution is -2.61. The van der Waals surface area contributed by atoms with Gasteiger partial charge in [0.05, 0.1) is 12.1 Å². The van der Waals surface area contributed by atoms with Crippen LogP contribution in [0.1, 0.15) is 46.1 Å². The van der Waals surface area contributed by atoms with Crippen molar-refractivity contribution in [1.29, 1.82) is 0 Å². The highest BCUT2D eigenvalue weighted by Crippen LogP contribution is 2.38. The second kappa shape index (κ2) is 12.7. The summed E-state index contributed by atoms with van der Waals surface area (Å²) in [5.41, 5.74) is 13.4. The highest BCUT2D eigenvalue weighted by molar-refractivity contribution is 7.86. The molecule has 0 bridgehead atoms. The highest BCUT2D eigenvalue weighted by Gasteiger charge is 2.59. The van der Waals surface area contributed by atoms with Gasteiger partial charge in [0.2, 0.25) is 0 Å². The molecule has 11 nitrogen and oxygen atoms in total. The lowest BCUT2D eigenvalue weighted by Gasteiger charge is -2.38. The van der Waals surface area contributed by atoms with Crippen molar-refractivity contribution >= 4 is 27.7 Å². The summed E-state index contributed by atoms with van der Waals surface area (Å²) in [6.07, 6.45) is -0.384. The number of ether oxygens (including phenoxy) is 1. The van der Waals surface area contributed by atoms with Gasteiger partial charge in [-0.2, -0.15) is 8.42 Å². The molecule has 0 saturated heterocycles. The standard InChI is InChI=1S/C23H37N3O8S/c1-13(2)10-17(25)20(28)23(19(27)15(4)24,14(3)11-18(26)21(29)35(31,32)33)22(30)34-12-16-8-6-5-7-9-16/h5-9,13-15,17-18,21,29H,10-12,24-26H2,1-4H3,(H,31,32,33)/t14?,15-,17-,18?,21?,23?/m1/s1. The van der Waals surface area contributed by atoms with E-state index in [9.17, 15) is 27.9 Å². The van der Waals surface area contributed by atoms with E-state index in [1.165, 1.54) is 13.8 Å². The number of hydrogen-bond donors (Lipinski definition) is 5. The predicted octanol–water partition coefficient (Wildman–Crippen LogP) is 0.135. The molecule has 0 aliphatic carbocycles. The van der Waals surface area contributed by atoms with Crippen LogP contribution in [0.2, 0.25) is 0 Å². The lowest BCUT2D eigenvalue weighted by atomic mass is 9.64. The van der Waals surface area contributed by atoms with E-state index in [0.717, 1.165) is 0 Å². The molecule has 0 saturated carbocycles. The van der Waals surface area contributed by atoms with E-state index in [1.807, 2.05) is 0 Å². The monoisotopic (exact) mass is 515 g/mol. The van der Waals surface area contributed by atoms with Crippen molar-refractivity contribution in [3.63, 3.8) is 0 Å². The van der Waals surface area contributed by atoms with Crippen LogP contribution in [0.3, 0.4) is 0 Å². The summed E-state index contributed by atoms with van der Waals surface area (Å²) >= 11 is 0. The van der Waals surface area contributed by atoms with Crippen LogP contribution in [0, 0.1) is 17.3 Å². The molecule has 0 radical (unpaired) electrons. The van der Waals surface area contributed by atoms with Gasteiger partial charge in [0.15, 0.2) is 22.4 Å². The number of aliphatic hydroxyl groups is 1. The van der Waals surface area contributed by atoms with Crippen molar-refractivity contribution in [2.75, 3.05) is 0 Å². The average molecular weight is 516 g/mol. The van der Waals surface area contributed by atoms with Crippen LogP contribution in [0.4, 0.5) is 0 Å². The Morgan fingerprint density at radius 1 is 0.971 bits per heavy atom. The van der Waals surface area contributed by atoms with E-state index in [4.69, 9.17) is 26.5 Å². The minimum atomic E-state index is -4.95. The lowest BCUT2D eigenvalue weighted by molar-refractivity contribution is -0.171. The molecule has 198 valence electrons. The van der Waals surface area contributed by atoms with E-state index < -0.39 is 69.0 Å². The largest absolute Gasteiger partial charge is 0.460 e. The molecule has 0 aromatic heterocycles. The second-order valence-electron chi connectivity index (χ2n) is 9.33. The van der Waals surface area contributed by atoms with Gasteiger partial charge in [0, 0.05) is 6.04 Å². The number of ketones is 2. The summed E-state index contributed by atoms with van der Waals surface area (Å²) in [6, 6.07) is 4.36. The van der Waals surface area contributed by atoms with Crippen LogP contribution in [-0.2, 0) is 35.8 Å². The van der Waals surface area contributed by atoms with Gasteiger partial charge in [0.25, 0.3) is 10.1 Å². The van der Waals surface area contributed by atoms with Crippen molar-refractivity contribution in [2.24, 2.45) is 34.5 Å². The fourth-order valence-electron chi connectivity index (χ4n) is 4.04. The first-order valence-electron chi connectivity index (χ1n) is 11.3. The van der Waals surface area contributed by atoms with E-state index in [-0.39, 0.29) is 18.9 Å². The Balaban J connectivity index is 3.57. The number of carbonyl (C=O) groups excluding carboxylic acids is 3. The van der Waals surface area contributed by atoms with Crippen LogP contribution >= 0.6 is 0 Å². The molecular formula is C23H37N3O8S. The minimum absolute atomic E-state index is 0.0590. The topological polar surface area (TPSA) is 213 Å². The van der Waals surface area contributed by atoms with Crippen LogP contribution < -0.4 is 17.2 Å². The number of aliphatic hydroxyl groups excluding tert-OH is 1. The summed E-state index contributed by atoms with van der Waals surface area (Å²) in [5.74, 6) is -4.46. The summed E-state index contributed by atoms with van der Waals surface area (Å²) < 4.78 is 37.3. The molecule has 1 aromatic carbocycles. The molecule has 1 aromatic rings. The van der Waals surface area contributed by atoms with E-state index in [0.29, 0.717) is 5.56 Å². The van der Waals surface area contributed by atoms with Gasteiger partial charge in [-0.1, -0.05) is 51.1 Å². The predicted molar refractivity (Wildman–Crippen MR) is 129 cm³/mol. The zero-order chi connectivity index (χ0) is 27.1. The molecule has 35 heavy (non-hydrogen) atoms. The Bertz CT molecular complexity index is 984. The normalized spacial score (nSPS) is 18.1. The van der Waals surface area contributed by atoms with E-state index >= 15 is 0 Å². The molecule has 0 aliphatic rings. The Morgan fingerprint density at radius 3 is 1.97 bits per heavy atom. The van der Waals surface area contributed by atoms with Crippen molar-refractivity contribution < 1.29 is 37.2 Å². The van der Waals surface area contributed by atoms with Gasteiger partial charge < -0.3 is 27.0 Å². The summed E-state index contributed by atoms with van der Waals surface area (Å²) in [5, 5.41) is 9.88. The maximum atomic E-state index is 13.7. The van der Waals surface area contributed by atoms with Gasteiger partial charge >= 0.3 is 5.97 Å². The molecule has 0 spiro atoms. The first-order chi connectivity index (χ1) is 16.1. The zero-order valence-corrected chi connectivity index (χ0v) is 21.3. The first-order valence-corrected chi connectivity index (χ1v) is 12.8. The van der Waals surface area contributed by atoms with Gasteiger partial charge in [-0.05, 0) is 37.2 Å². The molecule has 6 atom stereocenters. The third kappa shape index (κ3) is 7.63. The molecule has 4 unspecified atom stereocenters. The molecule has 0 amide bonds. The number of benzene rings is 1. The number of nitrogens with two attached hydrogens (primary N) is 3. The molecule has 12 heteroatoms. The third-order valence-corrected chi connectivity index (χ3v) is 6.78. The van der Waals surface area contributed by atoms with Gasteiger partial charge in [-0.3, -0.25) is 18.9 Å². The number of esters is 1. The molecule has 0 fully saturated rings. The van der Waals surface area contributed by atoms with Gasteiger partial charge in [-0.25, -0.2) is 0 Å². The quantitative estimate of drug-likeness (QED) is 0.128. The number of Topliss-reactive ketones (excluding diaryl/α,β-unsaturated/α-hetero) is 2. The molecule has 1 rings (SSSR count). The summed E-state index contributed by atoms with van der Waals surface area (Å²) in [4.78, 5) is 40.7. The smallest absolute Gasteiger partial charge is 0.328 e. The van der Waals surface area contributed by atoms with Crippen LogP contribution in [0.15, 0.2) is 30.3 Å². The van der Waals surface area contributed by atoms with Crippen molar-refractivity contribution in [3.05, 3.63) is 35.9 Å².